The van der Waals surface area contributed by atoms with E-state index in [0.717, 1.165) is 64.7 Å². The first-order valence-corrected chi connectivity index (χ1v) is 9.24. The highest BCUT2D eigenvalue weighted by Gasteiger charge is 2.02. The average Bonchev–Trinajstić information content (AvgIpc) is 2.49. The molecule has 0 aliphatic heterocycles. The molecule has 0 aliphatic carbocycles. The SMILES string of the molecule is CN(C)CCNC(=O)CCCCCCCCC(=O)NCCN(C)C. The van der Waals surface area contributed by atoms with Gasteiger partial charge in [0, 0.05) is 39.0 Å². The molecule has 24 heavy (non-hydrogen) atoms. The Hall–Kier alpha value is -1.14. The zero-order chi connectivity index (χ0) is 18.2. The Morgan fingerprint density at radius 1 is 0.625 bits per heavy atom. The van der Waals surface area contributed by atoms with Gasteiger partial charge in [-0.15, -0.1) is 0 Å². The van der Waals surface area contributed by atoms with Crippen molar-refractivity contribution in [1.29, 1.82) is 0 Å². The van der Waals surface area contributed by atoms with Crippen LogP contribution in [0.3, 0.4) is 0 Å². The number of unbranched alkanes of at least 4 members (excludes halogenated alkanes) is 5. The molecule has 0 aromatic carbocycles. The molecule has 0 atom stereocenters. The maximum Gasteiger partial charge on any atom is 0.220 e. The predicted octanol–water partition coefficient (Wildman–Crippen LogP) is 1.46. The van der Waals surface area contributed by atoms with Crippen LogP contribution in [-0.4, -0.2) is 76.0 Å². The molecular weight excluding hydrogens is 304 g/mol. The monoisotopic (exact) mass is 342 g/mol. The zero-order valence-electron chi connectivity index (χ0n) is 16.2. The number of amides is 2. The molecule has 0 saturated heterocycles. The van der Waals surface area contributed by atoms with Crippen molar-refractivity contribution in [3.05, 3.63) is 0 Å². The third-order valence-corrected chi connectivity index (χ3v) is 3.82. The molecule has 0 aromatic rings. The molecule has 0 fully saturated rings. The van der Waals surface area contributed by atoms with Crippen LogP contribution in [-0.2, 0) is 9.59 Å². The molecule has 0 radical (unpaired) electrons. The van der Waals surface area contributed by atoms with Crippen molar-refractivity contribution < 1.29 is 9.59 Å². The minimum absolute atomic E-state index is 0.159. The Kier molecular flexibility index (Phi) is 14.7. The number of hydrogen-bond acceptors (Lipinski definition) is 4. The van der Waals surface area contributed by atoms with Crippen molar-refractivity contribution in [3.63, 3.8) is 0 Å². The van der Waals surface area contributed by atoms with Gasteiger partial charge in [-0.2, -0.15) is 0 Å². The maximum absolute atomic E-state index is 11.6. The van der Waals surface area contributed by atoms with Crippen molar-refractivity contribution in [2.45, 2.75) is 51.4 Å². The van der Waals surface area contributed by atoms with Crippen LogP contribution in [0.5, 0.6) is 0 Å². The van der Waals surface area contributed by atoms with E-state index in [-0.39, 0.29) is 11.8 Å². The smallest absolute Gasteiger partial charge is 0.220 e. The molecule has 0 aromatic heterocycles. The van der Waals surface area contributed by atoms with Crippen molar-refractivity contribution in [1.82, 2.24) is 20.4 Å². The molecule has 2 amide bonds. The van der Waals surface area contributed by atoms with Crippen LogP contribution in [0.25, 0.3) is 0 Å². The molecule has 142 valence electrons. The van der Waals surface area contributed by atoms with E-state index in [1.54, 1.807) is 0 Å². The lowest BCUT2D eigenvalue weighted by Gasteiger charge is -2.10. The van der Waals surface area contributed by atoms with Gasteiger partial charge in [-0.1, -0.05) is 25.7 Å². The van der Waals surface area contributed by atoms with E-state index in [1.807, 2.05) is 28.2 Å². The number of likely N-dealkylation sites (N-methyl/N-ethyl adjacent to an activating group) is 2. The summed E-state index contributed by atoms with van der Waals surface area (Å²) in [5.74, 6) is 0.317. The van der Waals surface area contributed by atoms with E-state index < -0.39 is 0 Å². The van der Waals surface area contributed by atoms with E-state index in [2.05, 4.69) is 20.4 Å². The van der Waals surface area contributed by atoms with Crippen LogP contribution < -0.4 is 10.6 Å². The first kappa shape index (κ1) is 22.9. The second-order valence-corrected chi connectivity index (χ2v) is 6.93. The first-order valence-electron chi connectivity index (χ1n) is 9.24. The number of hydrogen-bond donors (Lipinski definition) is 2. The van der Waals surface area contributed by atoms with Crippen LogP contribution in [0.1, 0.15) is 51.4 Å². The summed E-state index contributed by atoms with van der Waals surface area (Å²) in [5.41, 5.74) is 0. The maximum atomic E-state index is 11.6. The topological polar surface area (TPSA) is 64.7 Å². The molecule has 0 unspecified atom stereocenters. The minimum atomic E-state index is 0.159. The second kappa shape index (κ2) is 15.4. The van der Waals surface area contributed by atoms with Crippen molar-refractivity contribution >= 4 is 11.8 Å². The van der Waals surface area contributed by atoms with Crippen molar-refractivity contribution in [3.8, 4) is 0 Å². The molecule has 0 heterocycles. The molecule has 0 spiro atoms. The number of carbonyl (C=O) groups excluding carboxylic acids is 2. The Bertz CT molecular complexity index is 301. The zero-order valence-corrected chi connectivity index (χ0v) is 16.2. The van der Waals surface area contributed by atoms with Crippen LogP contribution in [0, 0.1) is 0 Å². The molecule has 0 rings (SSSR count). The normalized spacial score (nSPS) is 11.1. The van der Waals surface area contributed by atoms with Gasteiger partial charge in [0.1, 0.15) is 0 Å². The van der Waals surface area contributed by atoms with Gasteiger partial charge >= 0.3 is 0 Å². The van der Waals surface area contributed by atoms with Crippen molar-refractivity contribution in [2.75, 3.05) is 54.4 Å². The molecule has 0 saturated carbocycles. The van der Waals surface area contributed by atoms with Crippen LogP contribution in [0.15, 0.2) is 0 Å². The van der Waals surface area contributed by atoms with E-state index in [1.165, 1.54) is 0 Å². The Labute approximate surface area is 148 Å². The third kappa shape index (κ3) is 17.2. The summed E-state index contributed by atoms with van der Waals surface area (Å²) < 4.78 is 0. The van der Waals surface area contributed by atoms with Gasteiger partial charge in [0.2, 0.25) is 11.8 Å². The summed E-state index contributed by atoms with van der Waals surface area (Å²) in [6.07, 6.45) is 7.65. The Balaban J connectivity index is 3.30. The third-order valence-electron chi connectivity index (χ3n) is 3.82. The van der Waals surface area contributed by atoms with Crippen LogP contribution in [0.2, 0.25) is 0 Å². The molecule has 6 heteroatoms. The number of nitrogens with zero attached hydrogens (tertiary/aromatic N) is 2. The highest BCUT2D eigenvalue weighted by molar-refractivity contribution is 5.76. The summed E-state index contributed by atoms with van der Waals surface area (Å²) in [4.78, 5) is 27.3. The number of nitrogens with one attached hydrogen (secondary N) is 2. The van der Waals surface area contributed by atoms with Gasteiger partial charge in [-0.05, 0) is 41.0 Å². The summed E-state index contributed by atoms with van der Waals surface area (Å²) in [5, 5.41) is 5.87. The fraction of sp³-hybridized carbons (Fsp3) is 0.889. The van der Waals surface area contributed by atoms with E-state index in [4.69, 9.17) is 0 Å². The van der Waals surface area contributed by atoms with Gasteiger partial charge in [0.15, 0.2) is 0 Å². The minimum Gasteiger partial charge on any atom is -0.355 e. The molecule has 0 bridgehead atoms. The van der Waals surface area contributed by atoms with Gasteiger partial charge < -0.3 is 20.4 Å². The predicted molar refractivity (Wildman–Crippen MR) is 100 cm³/mol. The number of rotatable bonds is 15. The van der Waals surface area contributed by atoms with Gasteiger partial charge in [0.05, 0.1) is 0 Å². The molecule has 2 N–H and O–H groups in total. The Morgan fingerprint density at radius 3 is 1.29 bits per heavy atom. The molecule has 0 aliphatic rings. The lowest BCUT2D eigenvalue weighted by molar-refractivity contribution is -0.122. The standard InChI is InChI=1S/C18H38N4O2/c1-21(2)15-13-19-17(23)11-9-7-5-6-8-10-12-18(24)20-14-16-22(3)4/h5-16H2,1-4H3,(H,19,23)(H,20,24). The highest BCUT2D eigenvalue weighted by Crippen LogP contribution is 2.08. The summed E-state index contributed by atoms with van der Waals surface area (Å²) in [6.45, 7) is 3.22. The first-order chi connectivity index (χ1) is 11.4. The summed E-state index contributed by atoms with van der Waals surface area (Å²) in [7, 11) is 8.00. The van der Waals surface area contributed by atoms with E-state index >= 15 is 0 Å². The van der Waals surface area contributed by atoms with Crippen LogP contribution in [0.4, 0.5) is 0 Å². The highest BCUT2D eigenvalue weighted by atomic mass is 16.2. The van der Waals surface area contributed by atoms with E-state index in [0.29, 0.717) is 12.8 Å². The lowest BCUT2D eigenvalue weighted by Crippen LogP contribution is -2.31. The molecule has 6 nitrogen and oxygen atoms in total. The quantitative estimate of drug-likeness (QED) is 0.442. The summed E-state index contributed by atoms with van der Waals surface area (Å²) >= 11 is 0. The second-order valence-electron chi connectivity index (χ2n) is 6.93. The molecular formula is C18H38N4O2. The fourth-order valence-corrected chi connectivity index (χ4v) is 2.29. The number of carbonyl (C=O) groups is 2. The lowest BCUT2D eigenvalue weighted by atomic mass is 10.1. The van der Waals surface area contributed by atoms with Crippen molar-refractivity contribution in [2.24, 2.45) is 0 Å². The van der Waals surface area contributed by atoms with Gasteiger partial charge in [0.25, 0.3) is 0 Å². The largest absolute Gasteiger partial charge is 0.355 e. The average molecular weight is 343 g/mol. The van der Waals surface area contributed by atoms with Gasteiger partial charge in [-0.25, -0.2) is 0 Å². The van der Waals surface area contributed by atoms with Gasteiger partial charge in [-0.3, -0.25) is 9.59 Å². The van der Waals surface area contributed by atoms with E-state index in [9.17, 15) is 9.59 Å². The summed E-state index contributed by atoms with van der Waals surface area (Å²) in [6, 6.07) is 0. The fourth-order valence-electron chi connectivity index (χ4n) is 2.29. The Morgan fingerprint density at radius 2 is 0.958 bits per heavy atom. The van der Waals surface area contributed by atoms with Crippen LogP contribution >= 0.6 is 0 Å².